The molecular weight excluding hydrogens is 408 g/mol. The number of aliphatic hydroxyl groups is 1. The third-order valence-electron chi connectivity index (χ3n) is 4.49. The SMILES string of the molecule is Cc1cc(C)c2[nH]c(=O)c(CN(CCO)C(=O)c3ccccc3Br)cc2c1. The molecule has 0 saturated carbocycles. The van der Waals surface area contributed by atoms with Crippen LogP contribution in [0, 0.1) is 13.8 Å². The highest BCUT2D eigenvalue weighted by atomic mass is 79.9. The first-order chi connectivity index (χ1) is 12.9. The van der Waals surface area contributed by atoms with Gasteiger partial charge in [0, 0.05) is 16.6 Å². The number of hydrogen-bond donors (Lipinski definition) is 2. The van der Waals surface area contributed by atoms with E-state index < -0.39 is 0 Å². The third kappa shape index (κ3) is 4.12. The standard InChI is InChI=1S/C21H21BrN2O3/c1-13-9-14(2)19-15(10-13)11-16(20(26)23-19)12-24(7-8-25)21(27)17-5-3-4-6-18(17)22/h3-6,9-11,25H,7-8,12H2,1-2H3,(H,23,26). The van der Waals surface area contributed by atoms with Crippen molar-refractivity contribution in [2.75, 3.05) is 13.2 Å². The third-order valence-corrected chi connectivity index (χ3v) is 5.18. The highest BCUT2D eigenvalue weighted by Crippen LogP contribution is 2.21. The number of carbonyl (C=O) groups is 1. The lowest BCUT2D eigenvalue weighted by atomic mass is 10.0. The Morgan fingerprint density at radius 3 is 2.63 bits per heavy atom. The Morgan fingerprint density at radius 2 is 1.93 bits per heavy atom. The summed E-state index contributed by atoms with van der Waals surface area (Å²) in [6, 6.07) is 13.0. The number of rotatable bonds is 5. The number of fused-ring (bicyclic) bond motifs is 1. The van der Waals surface area contributed by atoms with Crippen LogP contribution >= 0.6 is 15.9 Å². The van der Waals surface area contributed by atoms with Crippen LogP contribution < -0.4 is 5.56 Å². The number of aromatic amines is 1. The molecule has 2 aromatic carbocycles. The van der Waals surface area contributed by atoms with Crippen LogP contribution in [-0.2, 0) is 6.54 Å². The highest BCUT2D eigenvalue weighted by Gasteiger charge is 2.19. The van der Waals surface area contributed by atoms with Crippen molar-refractivity contribution in [2.24, 2.45) is 0 Å². The van der Waals surface area contributed by atoms with Gasteiger partial charge < -0.3 is 15.0 Å². The first-order valence-electron chi connectivity index (χ1n) is 8.68. The number of halogens is 1. The molecule has 2 N–H and O–H groups in total. The van der Waals surface area contributed by atoms with Crippen LogP contribution in [0.5, 0.6) is 0 Å². The summed E-state index contributed by atoms with van der Waals surface area (Å²) in [6.07, 6.45) is 0. The van der Waals surface area contributed by atoms with Gasteiger partial charge in [-0.15, -0.1) is 0 Å². The molecule has 0 unspecified atom stereocenters. The summed E-state index contributed by atoms with van der Waals surface area (Å²) in [5.74, 6) is -0.239. The van der Waals surface area contributed by atoms with Crippen molar-refractivity contribution in [1.82, 2.24) is 9.88 Å². The van der Waals surface area contributed by atoms with E-state index in [0.717, 1.165) is 22.0 Å². The zero-order valence-corrected chi connectivity index (χ0v) is 16.8. The molecule has 27 heavy (non-hydrogen) atoms. The lowest BCUT2D eigenvalue weighted by Gasteiger charge is -2.22. The molecule has 0 spiro atoms. The fourth-order valence-electron chi connectivity index (χ4n) is 3.23. The van der Waals surface area contributed by atoms with Crippen LogP contribution in [0.2, 0.25) is 0 Å². The summed E-state index contributed by atoms with van der Waals surface area (Å²) in [5.41, 5.74) is 3.67. The number of pyridine rings is 1. The van der Waals surface area contributed by atoms with Crippen molar-refractivity contribution < 1.29 is 9.90 Å². The number of nitrogens with zero attached hydrogens (tertiary/aromatic N) is 1. The number of aryl methyl sites for hydroxylation is 2. The number of carbonyl (C=O) groups excluding carboxylic acids is 1. The molecule has 1 amide bonds. The van der Waals surface area contributed by atoms with E-state index in [2.05, 4.69) is 20.9 Å². The van der Waals surface area contributed by atoms with Crippen LogP contribution in [0.3, 0.4) is 0 Å². The van der Waals surface area contributed by atoms with Crippen molar-refractivity contribution in [3.8, 4) is 0 Å². The number of aliphatic hydroxyl groups excluding tert-OH is 1. The predicted octanol–water partition coefficient (Wildman–Crippen LogP) is 3.54. The van der Waals surface area contributed by atoms with Crippen LogP contribution in [0.1, 0.15) is 27.0 Å². The Hall–Kier alpha value is -2.44. The van der Waals surface area contributed by atoms with E-state index in [1.54, 1.807) is 18.2 Å². The Morgan fingerprint density at radius 1 is 1.19 bits per heavy atom. The maximum absolute atomic E-state index is 12.9. The minimum Gasteiger partial charge on any atom is -0.395 e. The molecular formula is C21H21BrN2O3. The summed E-state index contributed by atoms with van der Waals surface area (Å²) in [6.45, 7) is 4.05. The van der Waals surface area contributed by atoms with Crippen molar-refractivity contribution in [1.29, 1.82) is 0 Å². The lowest BCUT2D eigenvalue weighted by molar-refractivity contribution is 0.0706. The molecule has 1 heterocycles. The van der Waals surface area contributed by atoms with Gasteiger partial charge in [0.2, 0.25) is 0 Å². The summed E-state index contributed by atoms with van der Waals surface area (Å²) in [7, 11) is 0. The second-order valence-corrected chi connectivity index (χ2v) is 7.45. The van der Waals surface area contributed by atoms with Crippen LogP contribution in [0.25, 0.3) is 10.9 Å². The molecule has 5 nitrogen and oxygen atoms in total. The Kier molecular flexibility index (Phi) is 5.77. The molecule has 0 bridgehead atoms. The van der Waals surface area contributed by atoms with Gasteiger partial charge in [0.1, 0.15) is 0 Å². The minimum atomic E-state index is -0.239. The lowest BCUT2D eigenvalue weighted by Crippen LogP contribution is -2.35. The molecule has 0 aliphatic heterocycles. The number of hydrogen-bond acceptors (Lipinski definition) is 3. The van der Waals surface area contributed by atoms with Gasteiger partial charge >= 0.3 is 0 Å². The minimum absolute atomic E-state index is 0.124. The monoisotopic (exact) mass is 428 g/mol. The molecule has 1 aromatic heterocycles. The fraction of sp³-hybridized carbons (Fsp3) is 0.238. The summed E-state index contributed by atoms with van der Waals surface area (Å²) in [4.78, 5) is 29.9. The first kappa shape index (κ1) is 19.3. The van der Waals surface area contributed by atoms with Gasteiger partial charge in [0.15, 0.2) is 0 Å². The molecule has 140 valence electrons. The van der Waals surface area contributed by atoms with Gasteiger partial charge in [0.25, 0.3) is 11.5 Å². The Labute approximate surface area is 165 Å². The van der Waals surface area contributed by atoms with E-state index in [1.165, 1.54) is 4.90 Å². The molecule has 0 radical (unpaired) electrons. The van der Waals surface area contributed by atoms with Crippen LogP contribution in [-0.4, -0.2) is 34.0 Å². The quantitative estimate of drug-likeness (QED) is 0.652. The Bertz CT molecular complexity index is 1060. The van der Waals surface area contributed by atoms with Crippen LogP contribution in [0.4, 0.5) is 0 Å². The number of aromatic nitrogens is 1. The van der Waals surface area contributed by atoms with Crippen molar-refractivity contribution >= 4 is 32.7 Å². The van der Waals surface area contributed by atoms with E-state index in [0.29, 0.717) is 15.6 Å². The van der Waals surface area contributed by atoms with Gasteiger partial charge in [-0.2, -0.15) is 0 Å². The Balaban J connectivity index is 1.99. The zero-order chi connectivity index (χ0) is 19.6. The topological polar surface area (TPSA) is 73.4 Å². The molecule has 0 saturated heterocycles. The molecule has 3 aromatic rings. The zero-order valence-electron chi connectivity index (χ0n) is 15.3. The molecule has 3 rings (SSSR count). The van der Waals surface area contributed by atoms with E-state index in [-0.39, 0.29) is 31.2 Å². The first-order valence-corrected chi connectivity index (χ1v) is 9.48. The second kappa shape index (κ2) is 8.06. The van der Waals surface area contributed by atoms with Gasteiger partial charge in [-0.1, -0.05) is 23.8 Å². The average Bonchev–Trinajstić information content (AvgIpc) is 2.62. The van der Waals surface area contributed by atoms with Crippen LogP contribution in [0.15, 0.2) is 51.7 Å². The van der Waals surface area contributed by atoms with Crippen molar-refractivity contribution in [2.45, 2.75) is 20.4 Å². The smallest absolute Gasteiger partial charge is 0.255 e. The molecule has 0 aliphatic carbocycles. The van der Waals surface area contributed by atoms with E-state index in [9.17, 15) is 14.7 Å². The summed E-state index contributed by atoms with van der Waals surface area (Å²) >= 11 is 3.39. The molecule has 6 heteroatoms. The van der Waals surface area contributed by atoms with E-state index in [4.69, 9.17) is 0 Å². The van der Waals surface area contributed by atoms with E-state index >= 15 is 0 Å². The van der Waals surface area contributed by atoms with Crippen molar-refractivity contribution in [3.05, 3.63) is 79.5 Å². The van der Waals surface area contributed by atoms with Gasteiger partial charge in [-0.3, -0.25) is 9.59 Å². The summed E-state index contributed by atoms with van der Waals surface area (Å²) < 4.78 is 0.677. The number of H-pyrrole nitrogens is 1. The fourth-order valence-corrected chi connectivity index (χ4v) is 3.69. The second-order valence-electron chi connectivity index (χ2n) is 6.60. The number of nitrogens with one attached hydrogen (secondary N) is 1. The maximum Gasteiger partial charge on any atom is 0.255 e. The average molecular weight is 429 g/mol. The summed E-state index contributed by atoms with van der Waals surface area (Å²) in [5, 5.41) is 10.3. The van der Waals surface area contributed by atoms with Gasteiger partial charge in [-0.25, -0.2) is 0 Å². The predicted molar refractivity (Wildman–Crippen MR) is 110 cm³/mol. The largest absolute Gasteiger partial charge is 0.395 e. The highest BCUT2D eigenvalue weighted by molar-refractivity contribution is 9.10. The van der Waals surface area contributed by atoms with Gasteiger partial charge in [-0.05, 0) is 65.0 Å². The van der Waals surface area contributed by atoms with E-state index in [1.807, 2.05) is 38.1 Å². The number of amides is 1. The molecule has 0 aliphatic rings. The molecule has 0 fully saturated rings. The van der Waals surface area contributed by atoms with Crippen molar-refractivity contribution in [3.63, 3.8) is 0 Å². The maximum atomic E-state index is 12.9. The normalized spacial score (nSPS) is 11.0. The number of benzene rings is 2. The van der Waals surface area contributed by atoms with Gasteiger partial charge in [0.05, 0.1) is 24.2 Å². The molecule has 0 atom stereocenters.